The van der Waals surface area contributed by atoms with E-state index in [-0.39, 0.29) is 18.2 Å². The molecular formula is C11H15F3N2O2. The van der Waals surface area contributed by atoms with E-state index in [1.807, 2.05) is 0 Å². The summed E-state index contributed by atoms with van der Waals surface area (Å²) < 4.78 is 40.9. The Bertz CT molecular complexity index is 363. The number of carbonyl (C=O) groups is 1. The zero-order valence-electron chi connectivity index (χ0n) is 9.96. The number of amides is 1. The topological polar surface area (TPSA) is 45.5 Å². The molecule has 18 heavy (non-hydrogen) atoms. The molecule has 0 saturated carbocycles. The van der Waals surface area contributed by atoms with Crippen molar-refractivity contribution in [1.29, 1.82) is 0 Å². The summed E-state index contributed by atoms with van der Waals surface area (Å²) in [6.45, 7) is -0.376. The standard InChI is InChI=1S/C11H15F3N2O2/c1-16(8-11(12,13)14)6-3-5-15-10(17)9-4-2-7-18-9/h2,4,7H,3,5-6,8H2,1H3,(H,15,17). The molecule has 0 radical (unpaired) electrons. The molecule has 0 fully saturated rings. The van der Waals surface area contributed by atoms with Crippen LogP contribution in [0.15, 0.2) is 22.8 Å². The van der Waals surface area contributed by atoms with Crippen molar-refractivity contribution in [2.75, 3.05) is 26.7 Å². The quantitative estimate of drug-likeness (QED) is 0.798. The molecular weight excluding hydrogens is 249 g/mol. The zero-order valence-corrected chi connectivity index (χ0v) is 9.96. The van der Waals surface area contributed by atoms with E-state index in [1.165, 1.54) is 24.3 Å². The fraction of sp³-hybridized carbons (Fsp3) is 0.545. The number of nitrogens with zero attached hydrogens (tertiary/aromatic N) is 1. The van der Waals surface area contributed by atoms with Gasteiger partial charge in [-0.15, -0.1) is 0 Å². The Labute approximate surface area is 103 Å². The van der Waals surface area contributed by atoms with Crippen LogP contribution in [0.3, 0.4) is 0 Å². The van der Waals surface area contributed by atoms with Crippen molar-refractivity contribution in [3.8, 4) is 0 Å². The Morgan fingerprint density at radius 1 is 1.50 bits per heavy atom. The molecule has 0 atom stereocenters. The summed E-state index contributed by atoms with van der Waals surface area (Å²) in [6.07, 6.45) is -2.36. The fourth-order valence-corrected chi connectivity index (χ4v) is 1.43. The van der Waals surface area contributed by atoms with Crippen LogP contribution in [-0.2, 0) is 0 Å². The molecule has 7 heteroatoms. The predicted octanol–water partition coefficient (Wildman–Crippen LogP) is 1.89. The Hall–Kier alpha value is -1.50. The van der Waals surface area contributed by atoms with Gasteiger partial charge in [-0.05, 0) is 32.1 Å². The first kappa shape index (κ1) is 14.6. The summed E-state index contributed by atoms with van der Waals surface area (Å²) in [7, 11) is 1.39. The smallest absolute Gasteiger partial charge is 0.401 e. The van der Waals surface area contributed by atoms with Gasteiger partial charge in [0.1, 0.15) is 0 Å². The molecule has 0 spiro atoms. The second-order valence-corrected chi connectivity index (χ2v) is 3.94. The van der Waals surface area contributed by atoms with Crippen molar-refractivity contribution in [1.82, 2.24) is 10.2 Å². The fourth-order valence-electron chi connectivity index (χ4n) is 1.43. The number of hydrogen-bond acceptors (Lipinski definition) is 3. The molecule has 1 rings (SSSR count). The van der Waals surface area contributed by atoms with Gasteiger partial charge < -0.3 is 9.73 Å². The minimum atomic E-state index is -4.19. The van der Waals surface area contributed by atoms with Crippen molar-refractivity contribution >= 4 is 5.91 Å². The van der Waals surface area contributed by atoms with Gasteiger partial charge in [0.2, 0.25) is 0 Å². The van der Waals surface area contributed by atoms with Crippen LogP contribution < -0.4 is 5.32 Å². The van der Waals surface area contributed by atoms with Crippen molar-refractivity contribution in [3.05, 3.63) is 24.2 Å². The van der Waals surface area contributed by atoms with Crippen molar-refractivity contribution in [2.45, 2.75) is 12.6 Å². The van der Waals surface area contributed by atoms with Crippen molar-refractivity contribution in [3.63, 3.8) is 0 Å². The molecule has 4 nitrogen and oxygen atoms in total. The van der Waals surface area contributed by atoms with Gasteiger partial charge >= 0.3 is 6.18 Å². The lowest BCUT2D eigenvalue weighted by Crippen LogP contribution is -2.33. The SMILES string of the molecule is CN(CCCNC(=O)c1ccco1)CC(F)(F)F. The number of halogens is 3. The van der Waals surface area contributed by atoms with E-state index in [1.54, 1.807) is 6.07 Å². The Balaban J connectivity index is 2.14. The number of rotatable bonds is 6. The third-order valence-electron chi connectivity index (χ3n) is 2.20. The Kier molecular flexibility index (Phi) is 5.21. The predicted molar refractivity (Wildman–Crippen MR) is 59.2 cm³/mol. The highest BCUT2D eigenvalue weighted by molar-refractivity contribution is 5.91. The van der Waals surface area contributed by atoms with Gasteiger partial charge in [0.25, 0.3) is 5.91 Å². The zero-order chi connectivity index (χ0) is 13.6. The van der Waals surface area contributed by atoms with Crippen LogP contribution in [0.2, 0.25) is 0 Å². The van der Waals surface area contributed by atoms with Gasteiger partial charge in [-0.3, -0.25) is 9.69 Å². The van der Waals surface area contributed by atoms with Gasteiger partial charge in [-0.1, -0.05) is 0 Å². The monoisotopic (exact) mass is 264 g/mol. The summed E-state index contributed by atoms with van der Waals surface area (Å²) in [6, 6.07) is 3.11. The first-order chi connectivity index (χ1) is 8.38. The largest absolute Gasteiger partial charge is 0.459 e. The van der Waals surface area contributed by atoms with E-state index >= 15 is 0 Å². The van der Waals surface area contributed by atoms with Gasteiger partial charge in [0.05, 0.1) is 12.8 Å². The number of alkyl halides is 3. The maximum absolute atomic E-state index is 12.0. The average Bonchev–Trinajstić information content (AvgIpc) is 2.74. The first-order valence-corrected chi connectivity index (χ1v) is 5.45. The second-order valence-electron chi connectivity index (χ2n) is 3.94. The third kappa shape index (κ3) is 5.72. The van der Waals surface area contributed by atoms with Crippen LogP contribution in [0.1, 0.15) is 17.0 Å². The lowest BCUT2D eigenvalue weighted by molar-refractivity contribution is -0.143. The Morgan fingerprint density at radius 3 is 2.78 bits per heavy atom. The average molecular weight is 264 g/mol. The minimum absolute atomic E-state index is 0.193. The molecule has 1 amide bonds. The molecule has 0 bridgehead atoms. The van der Waals surface area contributed by atoms with E-state index < -0.39 is 12.7 Å². The van der Waals surface area contributed by atoms with E-state index in [0.717, 1.165) is 0 Å². The van der Waals surface area contributed by atoms with Crippen LogP contribution in [0.4, 0.5) is 13.2 Å². The molecule has 0 saturated heterocycles. The van der Waals surface area contributed by atoms with Gasteiger partial charge in [0, 0.05) is 6.54 Å². The highest BCUT2D eigenvalue weighted by Gasteiger charge is 2.28. The highest BCUT2D eigenvalue weighted by Crippen LogP contribution is 2.15. The van der Waals surface area contributed by atoms with Crippen LogP contribution in [0.5, 0.6) is 0 Å². The molecule has 1 N–H and O–H groups in total. The maximum atomic E-state index is 12.0. The minimum Gasteiger partial charge on any atom is -0.459 e. The van der Waals surface area contributed by atoms with E-state index in [0.29, 0.717) is 13.0 Å². The van der Waals surface area contributed by atoms with Crippen molar-refractivity contribution < 1.29 is 22.4 Å². The maximum Gasteiger partial charge on any atom is 0.401 e. The summed E-state index contributed by atoms with van der Waals surface area (Å²) in [5.41, 5.74) is 0. The number of nitrogens with one attached hydrogen (secondary N) is 1. The number of carbonyl (C=O) groups excluding carboxylic acids is 1. The second kappa shape index (κ2) is 6.44. The molecule has 0 aliphatic rings. The number of furan rings is 1. The third-order valence-corrected chi connectivity index (χ3v) is 2.20. The molecule has 1 aromatic heterocycles. The molecule has 0 aliphatic heterocycles. The molecule has 0 aliphatic carbocycles. The van der Waals surface area contributed by atoms with Gasteiger partial charge in [-0.25, -0.2) is 0 Å². The van der Waals surface area contributed by atoms with E-state index in [4.69, 9.17) is 4.42 Å². The van der Waals surface area contributed by atoms with E-state index in [2.05, 4.69) is 5.32 Å². The van der Waals surface area contributed by atoms with Crippen LogP contribution in [-0.4, -0.2) is 43.7 Å². The molecule has 1 aromatic rings. The first-order valence-electron chi connectivity index (χ1n) is 5.45. The lowest BCUT2D eigenvalue weighted by Gasteiger charge is -2.18. The van der Waals surface area contributed by atoms with Crippen molar-refractivity contribution in [2.24, 2.45) is 0 Å². The highest BCUT2D eigenvalue weighted by atomic mass is 19.4. The summed E-state index contributed by atoms with van der Waals surface area (Å²) in [5.74, 6) is -0.169. The normalized spacial score (nSPS) is 11.8. The van der Waals surface area contributed by atoms with Gasteiger partial charge in [0.15, 0.2) is 5.76 Å². The molecule has 102 valence electrons. The molecule has 1 heterocycles. The van der Waals surface area contributed by atoms with Crippen LogP contribution in [0, 0.1) is 0 Å². The van der Waals surface area contributed by atoms with Gasteiger partial charge in [-0.2, -0.15) is 13.2 Å². The van der Waals surface area contributed by atoms with E-state index in [9.17, 15) is 18.0 Å². The summed E-state index contributed by atoms with van der Waals surface area (Å²) >= 11 is 0. The molecule has 0 unspecified atom stereocenters. The van der Waals surface area contributed by atoms with Crippen LogP contribution >= 0.6 is 0 Å². The lowest BCUT2D eigenvalue weighted by atomic mass is 10.3. The number of hydrogen-bond donors (Lipinski definition) is 1. The summed E-state index contributed by atoms with van der Waals surface area (Å²) in [5, 5.41) is 2.56. The molecule has 0 aromatic carbocycles. The summed E-state index contributed by atoms with van der Waals surface area (Å²) in [4.78, 5) is 12.5. The van der Waals surface area contributed by atoms with Crippen LogP contribution in [0.25, 0.3) is 0 Å². The Morgan fingerprint density at radius 2 is 2.22 bits per heavy atom.